The lowest BCUT2D eigenvalue weighted by atomic mass is 10.2. The number of nitrogens with one attached hydrogen (secondary N) is 1. The number of nitrogens with zero attached hydrogens (tertiary/aromatic N) is 5. The molecular weight excluding hydrogens is 328 g/mol. The maximum Gasteiger partial charge on any atom is 0.193 e. The molecule has 7 heteroatoms. The molecule has 1 aromatic heterocycles. The Morgan fingerprint density at radius 1 is 1.23 bits per heavy atom. The Bertz CT molecular complexity index is 707. The van der Waals surface area contributed by atoms with E-state index in [4.69, 9.17) is 0 Å². The van der Waals surface area contributed by atoms with Gasteiger partial charge in [0.25, 0.3) is 0 Å². The number of aliphatic imine (C=N–C) groups is 1. The summed E-state index contributed by atoms with van der Waals surface area (Å²) in [5.41, 5.74) is 0.906. The van der Waals surface area contributed by atoms with E-state index in [1.165, 1.54) is 0 Å². The quantitative estimate of drug-likeness (QED) is 0.629. The fourth-order valence-corrected chi connectivity index (χ4v) is 3.28. The van der Waals surface area contributed by atoms with Crippen molar-refractivity contribution in [2.75, 3.05) is 44.7 Å². The molecule has 0 spiro atoms. The maximum absolute atomic E-state index is 10.0. The molecule has 1 saturated heterocycles. The Balaban J connectivity index is 1.48. The Hall–Kier alpha value is -2.70. The van der Waals surface area contributed by atoms with E-state index in [1.54, 1.807) is 6.07 Å². The van der Waals surface area contributed by atoms with Crippen molar-refractivity contribution < 1.29 is 5.11 Å². The smallest absolute Gasteiger partial charge is 0.193 e. The normalized spacial score (nSPS) is 16.6. The van der Waals surface area contributed by atoms with Gasteiger partial charge in [-0.2, -0.15) is 5.10 Å². The number of guanidine groups is 1. The number of aromatic hydroxyl groups is 1. The topological polar surface area (TPSA) is 68.9 Å². The number of hydrogen-bond donors (Lipinski definition) is 2. The summed E-state index contributed by atoms with van der Waals surface area (Å²) in [6, 6.07) is 9.47. The second kappa shape index (κ2) is 8.60. The molecule has 0 amide bonds. The number of phenols is 1. The second-order valence-electron chi connectivity index (χ2n) is 6.72. The zero-order valence-corrected chi connectivity index (χ0v) is 15.5. The van der Waals surface area contributed by atoms with Gasteiger partial charge in [0, 0.05) is 58.7 Å². The first-order valence-corrected chi connectivity index (χ1v) is 9.13. The molecule has 0 bridgehead atoms. The van der Waals surface area contributed by atoms with E-state index in [0.29, 0.717) is 11.7 Å². The first-order chi connectivity index (χ1) is 12.7. The summed E-state index contributed by atoms with van der Waals surface area (Å²) in [5, 5.41) is 17.8. The van der Waals surface area contributed by atoms with E-state index < -0.39 is 0 Å². The number of phenolic OH excluding ortho intramolecular Hbond substituents is 1. The Kier molecular flexibility index (Phi) is 5.99. The standard InChI is InChI=1S/C19H28N6O/c1-16(15-25-9-5-8-22-25)14-21-19(20-2)24-12-10-23(11-13-24)17-6-3-4-7-18(17)26/h3-9,16,26H,10-15H2,1-2H3,(H,20,21). The van der Waals surface area contributed by atoms with Crippen molar-refractivity contribution in [1.29, 1.82) is 0 Å². The lowest BCUT2D eigenvalue weighted by Gasteiger charge is -2.38. The minimum atomic E-state index is 0.343. The fourth-order valence-electron chi connectivity index (χ4n) is 3.28. The van der Waals surface area contributed by atoms with E-state index in [1.807, 2.05) is 48.4 Å². The summed E-state index contributed by atoms with van der Waals surface area (Å²) in [5.74, 6) is 1.74. The maximum atomic E-state index is 10.0. The van der Waals surface area contributed by atoms with Crippen LogP contribution in [-0.2, 0) is 6.54 Å². The summed E-state index contributed by atoms with van der Waals surface area (Å²) in [6.45, 7) is 7.42. The third-order valence-corrected chi connectivity index (χ3v) is 4.68. The van der Waals surface area contributed by atoms with E-state index in [0.717, 1.165) is 50.9 Å². The van der Waals surface area contributed by atoms with Crippen LogP contribution in [0.1, 0.15) is 6.92 Å². The van der Waals surface area contributed by atoms with Crippen LogP contribution in [0.3, 0.4) is 0 Å². The molecule has 1 aliphatic heterocycles. The SMILES string of the molecule is CN=C(NCC(C)Cn1cccn1)N1CCN(c2ccccc2O)CC1. The van der Waals surface area contributed by atoms with Crippen molar-refractivity contribution in [3.05, 3.63) is 42.7 Å². The fraction of sp³-hybridized carbons (Fsp3) is 0.474. The van der Waals surface area contributed by atoms with Crippen molar-refractivity contribution in [3.8, 4) is 5.75 Å². The van der Waals surface area contributed by atoms with Gasteiger partial charge in [0.2, 0.25) is 0 Å². The van der Waals surface area contributed by atoms with E-state index in [9.17, 15) is 5.11 Å². The number of aromatic nitrogens is 2. The van der Waals surface area contributed by atoms with Crippen molar-refractivity contribution >= 4 is 11.6 Å². The molecule has 2 aromatic rings. The molecule has 2 N–H and O–H groups in total. The Labute approximate surface area is 154 Å². The molecule has 1 aliphatic rings. The number of rotatable bonds is 5. The Morgan fingerprint density at radius 2 is 2.00 bits per heavy atom. The lowest BCUT2D eigenvalue weighted by molar-refractivity contribution is 0.362. The summed E-state index contributed by atoms with van der Waals surface area (Å²) in [4.78, 5) is 8.93. The van der Waals surface area contributed by atoms with E-state index in [-0.39, 0.29) is 0 Å². The molecule has 7 nitrogen and oxygen atoms in total. The van der Waals surface area contributed by atoms with Crippen LogP contribution in [0.15, 0.2) is 47.7 Å². The van der Waals surface area contributed by atoms with Gasteiger partial charge in [-0.05, 0) is 24.1 Å². The third kappa shape index (κ3) is 4.47. The molecule has 2 heterocycles. The van der Waals surface area contributed by atoms with Gasteiger partial charge >= 0.3 is 0 Å². The minimum Gasteiger partial charge on any atom is -0.506 e. The summed E-state index contributed by atoms with van der Waals surface area (Å²) in [6.07, 6.45) is 3.80. The number of para-hydroxylation sites is 2. The number of hydrogen-bond acceptors (Lipinski definition) is 4. The molecule has 0 radical (unpaired) electrons. The predicted molar refractivity (Wildman–Crippen MR) is 105 cm³/mol. The van der Waals surface area contributed by atoms with Gasteiger partial charge in [0.05, 0.1) is 5.69 Å². The number of benzene rings is 1. The molecule has 1 unspecified atom stereocenters. The van der Waals surface area contributed by atoms with Crippen LogP contribution in [0.4, 0.5) is 5.69 Å². The summed E-state index contributed by atoms with van der Waals surface area (Å²) in [7, 11) is 1.83. The van der Waals surface area contributed by atoms with Gasteiger partial charge in [-0.15, -0.1) is 0 Å². The van der Waals surface area contributed by atoms with Crippen LogP contribution in [0.5, 0.6) is 5.75 Å². The van der Waals surface area contributed by atoms with Gasteiger partial charge in [-0.3, -0.25) is 9.67 Å². The van der Waals surface area contributed by atoms with E-state index in [2.05, 4.69) is 32.1 Å². The van der Waals surface area contributed by atoms with Crippen LogP contribution < -0.4 is 10.2 Å². The van der Waals surface area contributed by atoms with Crippen LogP contribution in [-0.4, -0.2) is 65.5 Å². The number of piperazine rings is 1. The highest BCUT2D eigenvalue weighted by atomic mass is 16.3. The average molecular weight is 356 g/mol. The molecule has 140 valence electrons. The molecule has 1 fully saturated rings. The van der Waals surface area contributed by atoms with Crippen LogP contribution in [0, 0.1) is 5.92 Å². The average Bonchev–Trinajstić information content (AvgIpc) is 3.16. The highest BCUT2D eigenvalue weighted by molar-refractivity contribution is 5.80. The van der Waals surface area contributed by atoms with Gasteiger partial charge in [-0.25, -0.2) is 0 Å². The van der Waals surface area contributed by atoms with Gasteiger partial charge in [0.15, 0.2) is 5.96 Å². The zero-order valence-electron chi connectivity index (χ0n) is 15.5. The molecule has 1 atom stereocenters. The first-order valence-electron chi connectivity index (χ1n) is 9.13. The minimum absolute atomic E-state index is 0.343. The van der Waals surface area contributed by atoms with Crippen LogP contribution in [0.25, 0.3) is 0 Å². The monoisotopic (exact) mass is 356 g/mol. The predicted octanol–water partition coefficient (Wildman–Crippen LogP) is 1.62. The highest BCUT2D eigenvalue weighted by Crippen LogP contribution is 2.27. The van der Waals surface area contributed by atoms with Crippen molar-refractivity contribution in [1.82, 2.24) is 20.0 Å². The van der Waals surface area contributed by atoms with Crippen LogP contribution >= 0.6 is 0 Å². The molecule has 1 aromatic carbocycles. The van der Waals surface area contributed by atoms with Crippen LogP contribution in [0.2, 0.25) is 0 Å². The van der Waals surface area contributed by atoms with Crippen molar-refractivity contribution in [2.24, 2.45) is 10.9 Å². The largest absolute Gasteiger partial charge is 0.506 e. The zero-order chi connectivity index (χ0) is 18.4. The molecule has 0 saturated carbocycles. The third-order valence-electron chi connectivity index (χ3n) is 4.68. The summed E-state index contributed by atoms with van der Waals surface area (Å²) < 4.78 is 1.96. The van der Waals surface area contributed by atoms with Crippen molar-refractivity contribution in [2.45, 2.75) is 13.5 Å². The highest BCUT2D eigenvalue weighted by Gasteiger charge is 2.21. The Morgan fingerprint density at radius 3 is 2.65 bits per heavy atom. The molecule has 3 rings (SSSR count). The number of anilines is 1. The second-order valence-corrected chi connectivity index (χ2v) is 6.72. The van der Waals surface area contributed by atoms with Gasteiger partial charge in [0.1, 0.15) is 5.75 Å². The first kappa shape index (κ1) is 18.1. The lowest BCUT2D eigenvalue weighted by Crippen LogP contribution is -2.53. The van der Waals surface area contributed by atoms with E-state index >= 15 is 0 Å². The summed E-state index contributed by atoms with van der Waals surface area (Å²) >= 11 is 0. The van der Waals surface area contributed by atoms with Crippen molar-refractivity contribution in [3.63, 3.8) is 0 Å². The van der Waals surface area contributed by atoms with Gasteiger partial charge in [-0.1, -0.05) is 19.1 Å². The molecule has 0 aliphatic carbocycles. The van der Waals surface area contributed by atoms with Gasteiger partial charge < -0.3 is 20.2 Å². The molecular formula is C19H28N6O. The molecule has 26 heavy (non-hydrogen) atoms.